The lowest BCUT2D eigenvalue weighted by Gasteiger charge is -2.15. The van der Waals surface area contributed by atoms with Gasteiger partial charge in [-0.05, 0) is 24.4 Å². The summed E-state index contributed by atoms with van der Waals surface area (Å²) in [6.07, 6.45) is 1.22. The number of ether oxygens (including phenoxy) is 2. The predicted molar refractivity (Wildman–Crippen MR) is 79.9 cm³/mol. The highest BCUT2D eigenvalue weighted by atomic mass is 32.1. The summed E-state index contributed by atoms with van der Waals surface area (Å²) in [5.74, 6) is 0.561. The number of carbonyl (C=O) groups excluding carboxylic acids is 1. The first-order valence-electron chi connectivity index (χ1n) is 6.39. The van der Waals surface area contributed by atoms with Crippen molar-refractivity contribution in [3.63, 3.8) is 0 Å². The molecule has 2 N–H and O–H groups in total. The van der Waals surface area contributed by atoms with Crippen LogP contribution in [-0.4, -0.2) is 32.7 Å². The Morgan fingerprint density at radius 2 is 2.27 bits per heavy atom. The number of thiophene rings is 1. The molecule has 0 saturated carbocycles. The second-order valence-corrected chi connectivity index (χ2v) is 5.33. The summed E-state index contributed by atoms with van der Waals surface area (Å²) in [7, 11) is 1.33. The second kappa shape index (κ2) is 5.60. The Balaban J connectivity index is 1.92. The molecule has 8 nitrogen and oxygen atoms in total. The van der Waals surface area contributed by atoms with Crippen LogP contribution in [0.1, 0.15) is 28.4 Å². The third-order valence-corrected chi connectivity index (χ3v) is 3.88. The van der Waals surface area contributed by atoms with Crippen LogP contribution in [0.4, 0.5) is 5.95 Å². The van der Waals surface area contributed by atoms with Crippen LogP contribution in [0.15, 0.2) is 23.7 Å². The average molecular weight is 319 g/mol. The zero-order valence-corrected chi connectivity index (χ0v) is 12.7. The lowest BCUT2D eigenvalue weighted by molar-refractivity contribution is 0.0599. The van der Waals surface area contributed by atoms with Gasteiger partial charge in [-0.1, -0.05) is 0 Å². The first kappa shape index (κ1) is 14.3. The van der Waals surface area contributed by atoms with Crippen molar-refractivity contribution in [2.75, 3.05) is 12.8 Å². The molecule has 0 bridgehead atoms. The normalized spacial score (nSPS) is 12.3. The maximum absolute atomic E-state index is 11.7. The zero-order chi connectivity index (χ0) is 15.7. The molecule has 3 heterocycles. The molecule has 0 saturated heterocycles. The minimum atomic E-state index is -0.429. The molecule has 1 atom stereocenters. The molecule has 3 aromatic rings. The van der Waals surface area contributed by atoms with E-state index < -0.39 is 5.97 Å². The van der Waals surface area contributed by atoms with Crippen LogP contribution in [0, 0.1) is 0 Å². The number of nitrogens with two attached hydrogens (primary N) is 1. The number of methoxy groups -OCH3 is 1. The number of aromatic nitrogens is 4. The van der Waals surface area contributed by atoms with Crippen LogP contribution in [-0.2, 0) is 4.74 Å². The lowest BCUT2D eigenvalue weighted by atomic mass is 10.2. The SMILES string of the molecule is COC(=O)c1sccc1O[C@H](C)c1ccnc2nc(N)nn12. The van der Waals surface area contributed by atoms with Gasteiger partial charge in [-0.15, -0.1) is 16.4 Å². The van der Waals surface area contributed by atoms with Crippen molar-refractivity contribution in [3.05, 3.63) is 34.3 Å². The number of hydrogen-bond donors (Lipinski definition) is 1. The number of esters is 1. The van der Waals surface area contributed by atoms with E-state index in [1.807, 2.05) is 6.92 Å². The Kier molecular flexibility index (Phi) is 3.63. The highest BCUT2D eigenvalue weighted by molar-refractivity contribution is 7.12. The molecule has 0 unspecified atom stereocenters. The summed E-state index contributed by atoms with van der Waals surface area (Å²) in [4.78, 5) is 20.2. The Morgan fingerprint density at radius 1 is 1.45 bits per heavy atom. The van der Waals surface area contributed by atoms with E-state index in [0.29, 0.717) is 16.4 Å². The van der Waals surface area contributed by atoms with E-state index in [9.17, 15) is 4.79 Å². The van der Waals surface area contributed by atoms with Crippen molar-refractivity contribution in [1.82, 2.24) is 19.6 Å². The standard InChI is InChI=1S/C13H13N5O3S/c1-7(21-9-4-6-22-10(9)11(19)20-2)8-3-5-15-13-16-12(14)17-18(8)13/h3-7H,1-2H3,(H2,14,17)/t7-/m1/s1. The average Bonchev–Trinajstić information content (AvgIpc) is 3.11. The Hall–Kier alpha value is -2.68. The van der Waals surface area contributed by atoms with Gasteiger partial charge in [0.15, 0.2) is 4.88 Å². The van der Waals surface area contributed by atoms with Crippen molar-refractivity contribution in [1.29, 1.82) is 0 Å². The van der Waals surface area contributed by atoms with Crippen molar-refractivity contribution in [2.24, 2.45) is 0 Å². The zero-order valence-electron chi connectivity index (χ0n) is 11.9. The number of rotatable bonds is 4. The molecule has 0 aliphatic heterocycles. The van der Waals surface area contributed by atoms with E-state index in [1.54, 1.807) is 23.7 Å². The maximum atomic E-state index is 11.7. The molecule has 0 radical (unpaired) electrons. The summed E-state index contributed by atoms with van der Waals surface area (Å²) in [5.41, 5.74) is 6.31. The summed E-state index contributed by atoms with van der Waals surface area (Å²) in [5, 5.41) is 5.86. The van der Waals surface area contributed by atoms with Gasteiger partial charge in [-0.2, -0.15) is 9.50 Å². The van der Waals surface area contributed by atoms with Gasteiger partial charge < -0.3 is 15.2 Å². The Labute approximate surface area is 129 Å². The molecular formula is C13H13N5O3S. The monoisotopic (exact) mass is 319 g/mol. The maximum Gasteiger partial charge on any atom is 0.351 e. The third-order valence-electron chi connectivity index (χ3n) is 3.01. The molecule has 0 aromatic carbocycles. The Bertz CT molecular complexity index is 828. The van der Waals surface area contributed by atoms with Crippen LogP contribution >= 0.6 is 11.3 Å². The number of fused-ring (bicyclic) bond motifs is 1. The van der Waals surface area contributed by atoms with Crippen LogP contribution in [0.3, 0.4) is 0 Å². The number of carbonyl (C=O) groups is 1. The quantitative estimate of drug-likeness (QED) is 0.730. The van der Waals surface area contributed by atoms with E-state index >= 15 is 0 Å². The third kappa shape index (κ3) is 2.46. The largest absolute Gasteiger partial charge is 0.483 e. The minimum absolute atomic E-state index is 0.137. The molecule has 0 aliphatic rings. The summed E-state index contributed by atoms with van der Waals surface area (Å²) in [6.45, 7) is 1.84. The predicted octanol–water partition coefficient (Wildman–Crippen LogP) is 1.69. The first-order valence-corrected chi connectivity index (χ1v) is 7.27. The van der Waals surface area contributed by atoms with Gasteiger partial charge >= 0.3 is 5.97 Å². The first-order chi connectivity index (χ1) is 10.6. The fourth-order valence-electron chi connectivity index (χ4n) is 2.02. The molecule has 3 rings (SSSR count). The number of anilines is 1. The van der Waals surface area contributed by atoms with Crippen LogP contribution in [0.25, 0.3) is 5.78 Å². The van der Waals surface area contributed by atoms with Crippen molar-refractivity contribution < 1.29 is 14.3 Å². The van der Waals surface area contributed by atoms with Gasteiger partial charge in [0, 0.05) is 6.20 Å². The van der Waals surface area contributed by atoms with Crippen LogP contribution < -0.4 is 10.5 Å². The molecule has 114 valence electrons. The fourth-order valence-corrected chi connectivity index (χ4v) is 2.76. The smallest absolute Gasteiger partial charge is 0.351 e. The molecular weight excluding hydrogens is 306 g/mol. The van der Waals surface area contributed by atoms with Gasteiger partial charge in [-0.3, -0.25) is 0 Å². The fraction of sp³-hybridized carbons (Fsp3) is 0.231. The number of nitrogen functional groups attached to an aromatic ring is 1. The lowest BCUT2D eigenvalue weighted by Crippen LogP contribution is -2.11. The second-order valence-electron chi connectivity index (χ2n) is 4.42. The molecule has 0 amide bonds. The van der Waals surface area contributed by atoms with E-state index in [0.717, 1.165) is 5.69 Å². The van der Waals surface area contributed by atoms with Crippen LogP contribution in [0.2, 0.25) is 0 Å². The molecule has 0 fully saturated rings. The topological polar surface area (TPSA) is 105 Å². The van der Waals surface area contributed by atoms with Gasteiger partial charge in [-0.25, -0.2) is 9.78 Å². The molecule has 22 heavy (non-hydrogen) atoms. The van der Waals surface area contributed by atoms with Gasteiger partial charge in [0.1, 0.15) is 11.9 Å². The summed E-state index contributed by atoms with van der Waals surface area (Å²) in [6, 6.07) is 3.48. The summed E-state index contributed by atoms with van der Waals surface area (Å²) < 4.78 is 12.1. The van der Waals surface area contributed by atoms with Crippen molar-refractivity contribution >= 4 is 29.0 Å². The van der Waals surface area contributed by atoms with Gasteiger partial charge in [0.25, 0.3) is 5.78 Å². The van der Waals surface area contributed by atoms with E-state index in [1.165, 1.54) is 23.0 Å². The molecule has 3 aromatic heterocycles. The van der Waals surface area contributed by atoms with Gasteiger partial charge in [0.05, 0.1) is 12.8 Å². The van der Waals surface area contributed by atoms with Crippen LogP contribution in [0.5, 0.6) is 5.75 Å². The minimum Gasteiger partial charge on any atom is -0.483 e. The number of nitrogens with zero attached hydrogens (tertiary/aromatic N) is 4. The highest BCUT2D eigenvalue weighted by Crippen LogP contribution is 2.30. The van der Waals surface area contributed by atoms with Crippen molar-refractivity contribution in [2.45, 2.75) is 13.0 Å². The van der Waals surface area contributed by atoms with Gasteiger partial charge in [0.2, 0.25) is 5.95 Å². The highest BCUT2D eigenvalue weighted by Gasteiger charge is 2.19. The molecule has 9 heteroatoms. The number of hydrogen-bond acceptors (Lipinski definition) is 8. The Morgan fingerprint density at radius 3 is 3.05 bits per heavy atom. The molecule has 0 spiro atoms. The van der Waals surface area contributed by atoms with E-state index in [-0.39, 0.29) is 12.1 Å². The molecule has 0 aliphatic carbocycles. The van der Waals surface area contributed by atoms with E-state index in [4.69, 9.17) is 15.2 Å². The van der Waals surface area contributed by atoms with Crippen molar-refractivity contribution in [3.8, 4) is 5.75 Å². The van der Waals surface area contributed by atoms with E-state index in [2.05, 4.69) is 15.1 Å². The summed E-state index contributed by atoms with van der Waals surface area (Å²) >= 11 is 1.26.